The molecule has 0 saturated heterocycles. The monoisotopic (exact) mass is 351 g/mol. The van der Waals surface area contributed by atoms with Crippen LogP contribution in [0, 0.1) is 10.1 Å². The average Bonchev–Trinajstić information content (AvgIpc) is 2.64. The Morgan fingerprint density at radius 2 is 1.92 bits per heavy atom. The SMILES string of the molecule is O=C(Nc1ncccn1)c1cccn(Cc2cccc([N+](=O)[O-])c2)c1=O. The minimum atomic E-state index is -0.630. The molecule has 0 fully saturated rings. The number of aromatic nitrogens is 3. The van der Waals surface area contributed by atoms with E-state index in [0.717, 1.165) is 0 Å². The van der Waals surface area contributed by atoms with Crippen LogP contribution in [0.25, 0.3) is 0 Å². The second-order valence-corrected chi connectivity index (χ2v) is 5.31. The minimum absolute atomic E-state index is 0.0642. The summed E-state index contributed by atoms with van der Waals surface area (Å²) < 4.78 is 1.31. The van der Waals surface area contributed by atoms with Crippen LogP contribution in [0.2, 0.25) is 0 Å². The van der Waals surface area contributed by atoms with E-state index in [1.807, 2.05) is 0 Å². The summed E-state index contributed by atoms with van der Waals surface area (Å²) in [5.74, 6) is -0.541. The van der Waals surface area contributed by atoms with Crippen LogP contribution in [0.5, 0.6) is 0 Å². The number of non-ortho nitro benzene ring substituents is 1. The fourth-order valence-electron chi connectivity index (χ4n) is 2.33. The molecule has 0 saturated carbocycles. The first kappa shape index (κ1) is 17.0. The zero-order valence-corrected chi connectivity index (χ0v) is 13.4. The number of amides is 1. The number of nitrogens with one attached hydrogen (secondary N) is 1. The molecule has 0 spiro atoms. The predicted octanol–water partition coefficient (Wildman–Crippen LogP) is 1.85. The van der Waals surface area contributed by atoms with Gasteiger partial charge < -0.3 is 4.57 Å². The Morgan fingerprint density at radius 1 is 1.15 bits per heavy atom. The molecule has 130 valence electrons. The lowest BCUT2D eigenvalue weighted by atomic mass is 10.2. The second kappa shape index (κ2) is 7.34. The summed E-state index contributed by atoms with van der Waals surface area (Å²) in [7, 11) is 0. The molecule has 0 unspecified atom stereocenters. The van der Waals surface area contributed by atoms with Crippen molar-refractivity contribution in [1.82, 2.24) is 14.5 Å². The number of anilines is 1. The summed E-state index contributed by atoms with van der Waals surface area (Å²) in [6.45, 7) is 0.101. The molecule has 0 aliphatic heterocycles. The molecule has 0 aliphatic rings. The van der Waals surface area contributed by atoms with Crippen molar-refractivity contribution >= 4 is 17.5 Å². The van der Waals surface area contributed by atoms with E-state index in [1.54, 1.807) is 24.3 Å². The van der Waals surface area contributed by atoms with Gasteiger partial charge in [-0.2, -0.15) is 0 Å². The van der Waals surface area contributed by atoms with Crippen LogP contribution < -0.4 is 10.9 Å². The zero-order chi connectivity index (χ0) is 18.5. The van der Waals surface area contributed by atoms with Gasteiger partial charge in [0.15, 0.2) is 0 Å². The first-order valence-corrected chi connectivity index (χ1v) is 7.56. The van der Waals surface area contributed by atoms with Crippen LogP contribution in [-0.4, -0.2) is 25.4 Å². The van der Waals surface area contributed by atoms with Crippen molar-refractivity contribution in [2.45, 2.75) is 6.54 Å². The topological polar surface area (TPSA) is 120 Å². The van der Waals surface area contributed by atoms with Crippen molar-refractivity contribution in [3.05, 3.63) is 92.7 Å². The smallest absolute Gasteiger partial charge is 0.269 e. The van der Waals surface area contributed by atoms with E-state index in [-0.39, 0.29) is 23.7 Å². The highest BCUT2D eigenvalue weighted by molar-refractivity contribution is 6.02. The summed E-state index contributed by atoms with van der Waals surface area (Å²) in [4.78, 5) is 42.9. The lowest BCUT2D eigenvalue weighted by molar-refractivity contribution is -0.384. The molecule has 3 aromatic rings. The summed E-state index contributed by atoms with van der Waals surface area (Å²) in [6.07, 6.45) is 4.44. The van der Waals surface area contributed by atoms with Crippen LogP contribution in [0.3, 0.4) is 0 Å². The van der Waals surface area contributed by atoms with Crippen LogP contribution in [0.4, 0.5) is 11.6 Å². The number of nitro benzene ring substituents is 1. The Bertz CT molecular complexity index is 1020. The molecule has 2 aromatic heterocycles. The van der Waals surface area contributed by atoms with Crippen molar-refractivity contribution in [1.29, 1.82) is 0 Å². The first-order valence-electron chi connectivity index (χ1n) is 7.56. The van der Waals surface area contributed by atoms with Gasteiger partial charge in [0.2, 0.25) is 5.95 Å². The minimum Gasteiger partial charge on any atom is -0.310 e. The summed E-state index contributed by atoms with van der Waals surface area (Å²) in [6, 6.07) is 10.5. The number of hydrogen-bond donors (Lipinski definition) is 1. The Labute approximate surface area is 147 Å². The van der Waals surface area contributed by atoms with Gasteiger partial charge in [-0.1, -0.05) is 12.1 Å². The molecule has 0 radical (unpaired) electrons. The third kappa shape index (κ3) is 3.78. The average molecular weight is 351 g/mol. The van der Waals surface area contributed by atoms with Gasteiger partial charge in [-0.15, -0.1) is 0 Å². The van der Waals surface area contributed by atoms with Gasteiger partial charge in [0.05, 0.1) is 11.5 Å². The molecule has 1 amide bonds. The number of pyridine rings is 1. The zero-order valence-electron chi connectivity index (χ0n) is 13.4. The Kier molecular flexibility index (Phi) is 4.79. The van der Waals surface area contributed by atoms with Crippen LogP contribution >= 0.6 is 0 Å². The third-order valence-corrected chi connectivity index (χ3v) is 3.53. The molecule has 9 heteroatoms. The fourth-order valence-corrected chi connectivity index (χ4v) is 2.33. The molecule has 0 atom stereocenters. The molecule has 0 bridgehead atoms. The molecule has 2 heterocycles. The van der Waals surface area contributed by atoms with Gasteiger partial charge in [0.25, 0.3) is 17.2 Å². The molecular formula is C17H13N5O4. The van der Waals surface area contributed by atoms with Crippen LogP contribution in [-0.2, 0) is 6.54 Å². The van der Waals surface area contributed by atoms with Gasteiger partial charge in [0, 0.05) is 30.7 Å². The number of nitrogens with zero attached hydrogens (tertiary/aromatic N) is 4. The molecule has 0 aliphatic carbocycles. The van der Waals surface area contributed by atoms with Gasteiger partial charge >= 0.3 is 0 Å². The third-order valence-electron chi connectivity index (χ3n) is 3.53. The van der Waals surface area contributed by atoms with E-state index in [2.05, 4.69) is 15.3 Å². The van der Waals surface area contributed by atoms with Crippen molar-refractivity contribution in [2.24, 2.45) is 0 Å². The van der Waals surface area contributed by atoms with Gasteiger partial charge in [-0.3, -0.25) is 25.0 Å². The van der Waals surface area contributed by atoms with E-state index in [0.29, 0.717) is 5.56 Å². The number of benzene rings is 1. The van der Waals surface area contributed by atoms with E-state index < -0.39 is 16.4 Å². The highest BCUT2D eigenvalue weighted by Crippen LogP contribution is 2.13. The number of rotatable bonds is 5. The molecular weight excluding hydrogens is 338 g/mol. The molecule has 26 heavy (non-hydrogen) atoms. The molecule has 1 aromatic carbocycles. The van der Waals surface area contributed by atoms with E-state index in [4.69, 9.17) is 0 Å². The predicted molar refractivity (Wildman–Crippen MR) is 92.9 cm³/mol. The lowest BCUT2D eigenvalue weighted by Crippen LogP contribution is -2.29. The Hall–Kier alpha value is -3.88. The molecule has 3 rings (SSSR count). The highest BCUT2D eigenvalue weighted by atomic mass is 16.6. The van der Waals surface area contributed by atoms with Crippen molar-refractivity contribution < 1.29 is 9.72 Å². The quantitative estimate of drug-likeness (QED) is 0.553. The maximum atomic E-state index is 12.6. The van der Waals surface area contributed by atoms with Crippen molar-refractivity contribution in [3.8, 4) is 0 Å². The Balaban J connectivity index is 1.85. The maximum Gasteiger partial charge on any atom is 0.269 e. The summed E-state index contributed by atoms with van der Waals surface area (Å²) in [5, 5.41) is 13.3. The van der Waals surface area contributed by atoms with Crippen LogP contribution in [0.1, 0.15) is 15.9 Å². The van der Waals surface area contributed by atoms with E-state index >= 15 is 0 Å². The van der Waals surface area contributed by atoms with Crippen molar-refractivity contribution in [2.75, 3.05) is 5.32 Å². The highest BCUT2D eigenvalue weighted by Gasteiger charge is 2.14. The second-order valence-electron chi connectivity index (χ2n) is 5.31. The number of nitro groups is 1. The van der Waals surface area contributed by atoms with Gasteiger partial charge in [-0.05, 0) is 23.8 Å². The maximum absolute atomic E-state index is 12.6. The first-order chi connectivity index (χ1) is 12.5. The summed E-state index contributed by atoms with van der Waals surface area (Å²) in [5.41, 5.74) is -0.0891. The fraction of sp³-hybridized carbons (Fsp3) is 0.0588. The number of carbonyl (C=O) groups excluding carboxylic acids is 1. The van der Waals surface area contributed by atoms with Gasteiger partial charge in [-0.25, -0.2) is 9.97 Å². The van der Waals surface area contributed by atoms with E-state index in [1.165, 1.54) is 41.4 Å². The normalized spacial score (nSPS) is 10.3. The molecule has 1 N–H and O–H groups in total. The number of carbonyl (C=O) groups is 1. The van der Waals surface area contributed by atoms with Gasteiger partial charge in [0.1, 0.15) is 5.56 Å². The standard InChI is InChI=1S/C17H13N5O4/c23-15(20-17-18-7-3-8-19-17)14-6-2-9-21(16(14)24)11-12-4-1-5-13(10-12)22(25)26/h1-10H,11H2,(H,18,19,20,23). The molecule has 9 nitrogen and oxygen atoms in total. The lowest BCUT2D eigenvalue weighted by Gasteiger charge is -2.08. The van der Waals surface area contributed by atoms with Crippen molar-refractivity contribution in [3.63, 3.8) is 0 Å². The van der Waals surface area contributed by atoms with E-state index in [9.17, 15) is 19.7 Å². The Morgan fingerprint density at radius 3 is 2.65 bits per heavy atom. The largest absolute Gasteiger partial charge is 0.310 e. The summed E-state index contributed by atoms with van der Waals surface area (Å²) >= 11 is 0. The number of hydrogen-bond acceptors (Lipinski definition) is 6. The van der Waals surface area contributed by atoms with Crippen LogP contribution in [0.15, 0.2) is 65.8 Å².